The second-order valence-corrected chi connectivity index (χ2v) is 6.56. The first kappa shape index (κ1) is 15.1. The van der Waals surface area contributed by atoms with Gasteiger partial charge in [0, 0.05) is 24.7 Å². The van der Waals surface area contributed by atoms with E-state index in [0.717, 1.165) is 25.8 Å². The summed E-state index contributed by atoms with van der Waals surface area (Å²) in [6.45, 7) is 5.28. The number of nitrogens with zero attached hydrogens (tertiary/aromatic N) is 1. The molecule has 2 heteroatoms. The number of hydrogen-bond acceptors (Lipinski definition) is 2. The predicted octanol–water partition coefficient (Wildman–Crippen LogP) is 4.08. The van der Waals surface area contributed by atoms with Crippen LogP contribution < -0.4 is 4.90 Å². The molecule has 1 aromatic carbocycles. The number of benzene rings is 1. The van der Waals surface area contributed by atoms with Crippen molar-refractivity contribution in [2.75, 3.05) is 18.5 Å². The first-order valence-corrected chi connectivity index (χ1v) is 7.85. The van der Waals surface area contributed by atoms with Gasteiger partial charge in [0.2, 0.25) is 0 Å². The van der Waals surface area contributed by atoms with Gasteiger partial charge in [0.05, 0.1) is 0 Å². The molecule has 20 heavy (non-hydrogen) atoms. The fourth-order valence-corrected chi connectivity index (χ4v) is 3.54. The molecule has 0 aliphatic heterocycles. The van der Waals surface area contributed by atoms with E-state index in [0.29, 0.717) is 5.92 Å². The minimum Gasteiger partial charge on any atom is -0.374 e. The Morgan fingerprint density at radius 3 is 2.60 bits per heavy atom. The lowest BCUT2D eigenvalue weighted by atomic mass is 9.70. The lowest BCUT2D eigenvalue weighted by Gasteiger charge is -2.39. The zero-order valence-electron chi connectivity index (χ0n) is 13.1. The summed E-state index contributed by atoms with van der Waals surface area (Å²) in [6.07, 6.45) is 6.82. The highest BCUT2D eigenvalue weighted by Gasteiger charge is 2.35. The van der Waals surface area contributed by atoms with Gasteiger partial charge in [-0.2, -0.15) is 0 Å². The molecule has 0 radical (unpaired) electrons. The normalized spacial score (nSPS) is 26.2. The van der Waals surface area contributed by atoms with Gasteiger partial charge >= 0.3 is 0 Å². The van der Waals surface area contributed by atoms with E-state index in [1.807, 2.05) is 0 Å². The Hall–Kier alpha value is -1.31. The van der Waals surface area contributed by atoms with Crippen LogP contribution in [-0.2, 0) is 11.2 Å². The maximum absolute atomic E-state index is 11.7. The van der Waals surface area contributed by atoms with E-state index in [-0.39, 0.29) is 5.41 Å². The van der Waals surface area contributed by atoms with Crippen molar-refractivity contribution in [3.8, 4) is 0 Å². The number of aldehydes is 1. The molecule has 110 valence electrons. The predicted molar refractivity (Wildman–Crippen MR) is 85.2 cm³/mol. The highest BCUT2D eigenvalue weighted by atomic mass is 16.1. The Morgan fingerprint density at radius 1 is 1.35 bits per heavy atom. The van der Waals surface area contributed by atoms with Gasteiger partial charge in [-0.25, -0.2) is 0 Å². The molecule has 2 atom stereocenters. The van der Waals surface area contributed by atoms with Gasteiger partial charge in [0.25, 0.3) is 0 Å². The van der Waals surface area contributed by atoms with Gasteiger partial charge in [-0.1, -0.05) is 38.8 Å². The van der Waals surface area contributed by atoms with Crippen molar-refractivity contribution in [3.63, 3.8) is 0 Å². The SMILES string of the molecule is CCc1ccc(N(C)CC2(C=O)CCCC(C)C2)cc1. The summed E-state index contributed by atoms with van der Waals surface area (Å²) >= 11 is 0. The Morgan fingerprint density at radius 2 is 2.05 bits per heavy atom. The van der Waals surface area contributed by atoms with Gasteiger partial charge in [-0.15, -0.1) is 0 Å². The molecule has 1 aliphatic carbocycles. The maximum Gasteiger partial charge on any atom is 0.127 e. The molecule has 0 N–H and O–H groups in total. The second kappa shape index (κ2) is 6.43. The molecular weight excluding hydrogens is 246 g/mol. The Bertz CT molecular complexity index is 439. The van der Waals surface area contributed by atoms with Gasteiger partial charge < -0.3 is 9.69 Å². The first-order valence-electron chi connectivity index (χ1n) is 7.85. The Labute approximate surface area is 123 Å². The fourth-order valence-electron chi connectivity index (χ4n) is 3.54. The molecule has 2 unspecified atom stereocenters. The van der Waals surface area contributed by atoms with Crippen LogP contribution in [0.25, 0.3) is 0 Å². The van der Waals surface area contributed by atoms with E-state index in [9.17, 15) is 4.79 Å². The van der Waals surface area contributed by atoms with Crippen LogP contribution in [0, 0.1) is 11.3 Å². The smallest absolute Gasteiger partial charge is 0.127 e. The van der Waals surface area contributed by atoms with E-state index in [4.69, 9.17) is 0 Å². The first-order chi connectivity index (χ1) is 9.58. The minimum atomic E-state index is -0.143. The number of hydrogen-bond donors (Lipinski definition) is 0. The number of carbonyl (C=O) groups excluding carboxylic acids is 1. The zero-order valence-corrected chi connectivity index (χ0v) is 13.1. The van der Waals surface area contributed by atoms with Crippen LogP contribution in [0.2, 0.25) is 0 Å². The van der Waals surface area contributed by atoms with Crippen molar-refractivity contribution in [2.45, 2.75) is 46.0 Å². The zero-order chi connectivity index (χ0) is 14.6. The molecule has 1 aromatic rings. The van der Waals surface area contributed by atoms with Crippen molar-refractivity contribution in [3.05, 3.63) is 29.8 Å². The number of carbonyl (C=O) groups is 1. The average Bonchev–Trinajstić information content (AvgIpc) is 2.47. The van der Waals surface area contributed by atoms with E-state index in [1.165, 1.54) is 30.4 Å². The van der Waals surface area contributed by atoms with E-state index in [1.54, 1.807) is 0 Å². The molecule has 0 amide bonds. The molecular formula is C18H27NO. The molecule has 2 rings (SSSR count). The summed E-state index contributed by atoms with van der Waals surface area (Å²) in [6, 6.07) is 8.71. The molecule has 2 nitrogen and oxygen atoms in total. The third-order valence-electron chi connectivity index (χ3n) is 4.71. The molecule has 0 aromatic heterocycles. The maximum atomic E-state index is 11.7. The summed E-state index contributed by atoms with van der Waals surface area (Å²) in [5.41, 5.74) is 2.43. The van der Waals surface area contributed by atoms with Crippen LogP contribution >= 0.6 is 0 Å². The summed E-state index contributed by atoms with van der Waals surface area (Å²) in [4.78, 5) is 13.9. The molecule has 0 spiro atoms. The van der Waals surface area contributed by atoms with Crippen LogP contribution in [0.3, 0.4) is 0 Å². The molecule has 1 aliphatic rings. The molecule has 0 bridgehead atoms. The van der Waals surface area contributed by atoms with E-state index in [2.05, 4.69) is 50.1 Å². The van der Waals surface area contributed by atoms with Crippen molar-refractivity contribution in [2.24, 2.45) is 11.3 Å². The van der Waals surface area contributed by atoms with Crippen LogP contribution in [-0.4, -0.2) is 19.9 Å². The quantitative estimate of drug-likeness (QED) is 0.753. The number of aryl methyl sites for hydroxylation is 1. The molecule has 1 saturated carbocycles. The Balaban J connectivity index is 2.07. The Kier molecular flexibility index (Phi) is 4.85. The van der Waals surface area contributed by atoms with Crippen LogP contribution in [0.1, 0.15) is 45.1 Å². The highest BCUT2D eigenvalue weighted by Crippen LogP contribution is 2.38. The second-order valence-electron chi connectivity index (χ2n) is 6.56. The number of anilines is 1. The van der Waals surface area contributed by atoms with E-state index >= 15 is 0 Å². The van der Waals surface area contributed by atoms with Crippen molar-refractivity contribution >= 4 is 12.0 Å². The fraction of sp³-hybridized carbons (Fsp3) is 0.611. The van der Waals surface area contributed by atoms with Crippen molar-refractivity contribution in [1.29, 1.82) is 0 Å². The monoisotopic (exact) mass is 273 g/mol. The standard InChI is InChI=1S/C18H27NO/c1-4-16-7-9-17(10-8-16)19(3)13-18(14-20)11-5-6-15(2)12-18/h7-10,14-15H,4-6,11-13H2,1-3H3. The highest BCUT2D eigenvalue weighted by molar-refractivity contribution is 5.62. The lowest BCUT2D eigenvalue weighted by Crippen LogP contribution is -2.40. The van der Waals surface area contributed by atoms with Gasteiger partial charge in [0.15, 0.2) is 0 Å². The van der Waals surface area contributed by atoms with Crippen molar-refractivity contribution in [1.82, 2.24) is 0 Å². The van der Waals surface area contributed by atoms with Crippen LogP contribution in [0.15, 0.2) is 24.3 Å². The van der Waals surface area contributed by atoms with Crippen LogP contribution in [0.4, 0.5) is 5.69 Å². The van der Waals surface area contributed by atoms with Gasteiger partial charge in [-0.05, 0) is 42.9 Å². The molecule has 0 saturated heterocycles. The van der Waals surface area contributed by atoms with E-state index < -0.39 is 0 Å². The summed E-state index contributed by atoms with van der Waals surface area (Å²) in [5.74, 6) is 0.671. The minimum absolute atomic E-state index is 0.143. The largest absolute Gasteiger partial charge is 0.374 e. The summed E-state index contributed by atoms with van der Waals surface area (Å²) in [5, 5.41) is 0. The topological polar surface area (TPSA) is 20.3 Å². The summed E-state index contributed by atoms with van der Waals surface area (Å²) < 4.78 is 0. The summed E-state index contributed by atoms with van der Waals surface area (Å²) in [7, 11) is 2.10. The lowest BCUT2D eigenvalue weighted by molar-refractivity contribution is -0.118. The van der Waals surface area contributed by atoms with Crippen molar-refractivity contribution < 1.29 is 4.79 Å². The third-order valence-corrected chi connectivity index (χ3v) is 4.71. The van der Waals surface area contributed by atoms with Crippen LogP contribution in [0.5, 0.6) is 0 Å². The average molecular weight is 273 g/mol. The van der Waals surface area contributed by atoms with Gasteiger partial charge in [0.1, 0.15) is 6.29 Å². The number of rotatable bonds is 5. The van der Waals surface area contributed by atoms with Gasteiger partial charge in [-0.3, -0.25) is 0 Å². The molecule has 1 fully saturated rings. The molecule has 0 heterocycles. The third kappa shape index (κ3) is 3.41.